The first-order valence-corrected chi connectivity index (χ1v) is 2.92. The van der Waals surface area contributed by atoms with Crippen molar-refractivity contribution in [3.05, 3.63) is 19.1 Å². The zero-order valence-electron chi connectivity index (χ0n) is 6.41. The molecule has 0 saturated carbocycles. The van der Waals surface area contributed by atoms with Gasteiger partial charge in [0.1, 0.15) is 0 Å². The maximum Gasteiger partial charge on any atom is 0.327 e. The van der Waals surface area contributed by atoms with Crippen molar-refractivity contribution >= 4 is 5.97 Å². The van der Waals surface area contributed by atoms with Crippen LogP contribution in [-0.2, 0) is 51.7 Å². The normalized spacial score (nSPS) is 6.42. The predicted molar refractivity (Wildman–Crippen MR) is 42.5 cm³/mol. The van der Waals surface area contributed by atoms with Crippen molar-refractivity contribution < 1.29 is 51.7 Å². The van der Waals surface area contributed by atoms with Gasteiger partial charge in [-0.05, 0) is 6.61 Å². The third-order valence-electron chi connectivity index (χ3n) is 0.799. The Hall–Kier alpha value is 0.587. The number of rotatable bonds is 4. The van der Waals surface area contributed by atoms with Crippen LogP contribution < -0.4 is 0 Å². The van der Waals surface area contributed by atoms with Crippen LogP contribution in [0, 0.1) is 6.42 Å². The van der Waals surface area contributed by atoms with Crippen molar-refractivity contribution in [2.24, 2.45) is 0 Å². The van der Waals surface area contributed by atoms with E-state index in [-0.39, 0.29) is 55.5 Å². The number of carbonyl (C=O) groups is 1. The maximum absolute atomic E-state index is 10.3. The summed E-state index contributed by atoms with van der Waals surface area (Å²) in [5, 5.41) is 0. The van der Waals surface area contributed by atoms with Crippen LogP contribution in [0.4, 0.5) is 0 Å². The van der Waals surface area contributed by atoms with Gasteiger partial charge in [0.2, 0.25) is 0 Å². The molecule has 0 N–H and O–H groups in total. The number of hydrogen-bond donors (Lipinski definition) is 0. The minimum atomic E-state index is -0.361. The fourth-order valence-corrected chi connectivity index (χ4v) is 0.318. The minimum Gasteiger partial charge on any atom is -0.495 e. The van der Waals surface area contributed by atoms with Crippen LogP contribution >= 0.6 is 0 Å². The van der Waals surface area contributed by atoms with Gasteiger partial charge in [-0.15, -0.1) is 0 Å². The van der Waals surface area contributed by atoms with Gasteiger partial charge in [-0.2, -0.15) is 6.42 Å². The average molecular weight is 511 g/mol. The molecule has 0 aromatic rings. The van der Waals surface area contributed by atoms with Gasteiger partial charge in [-0.25, -0.2) is 4.79 Å². The van der Waals surface area contributed by atoms with E-state index in [9.17, 15) is 4.79 Å². The Morgan fingerprint density at radius 3 is 2.42 bits per heavy atom. The molecule has 0 atom stereocenters. The summed E-state index contributed by atoms with van der Waals surface area (Å²) in [6, 6.07) is 0. The minimum absolute atomic E-state index is 0. The largest absolute Gasteiger partial charge is 0.495 e. The summed E-state index contributed by atoms with van der Waals surface area (Å²) in [5.41, 5.74) is 0. The van der Waals surface area contributed by atoms with Crippen LogP contribution in [0.5, 0.6) is 0 Å². The smallest absolute Gasteiger partial charge is 0.327 e. The number of unbranched alkanes of at least 4 members (excludes halogenated alkanes) is 1. The zero-order valence-corrected chi connectivity index (χ0v) is 12.3. The van der Waals surface area contributed by atoms with Gasteiger partial charge in [0.15, 0.2) is 0 Å². The van der Waals surface area contributed by atoms with Crippen molar-refractivity contribution in [1.82, 2.24) is 0 Å². The second-order valence-electron chi connectivity index (χ2n) is 1.53. The molecule has 0 aromatic carbocycles. The van der Waals surface area contributed by atoms with Gasteiger partial charge >= 0.3 is 5.97 Å². The van der Waals surface area contributed by atoms with Crippen LogP contribution in [0.15, 0.2) is 12.7 Å². The molecule has 0 aliphatic carbocycles. The van der Waals surface area contributed by atoms with Gasteiger partial charge < -0.3 is 4.74 Å². The summed E-state index contributed by atoms with van der Waals surface area (Å²) in [6.07, 6.45) is 3.95. The molecule has 0 radical (unpaired) electrons. The van der Waals surface area contributed by atoms with E-state index in [1.165, 1.54) is 0 Å². The summed E-state index contributed by atoms with van der Waals surface area (Å²) in [4.78, 5) is 10.3. The first kappa shape index (κ1) is 22.9. The molecule has 0 fully saturated rings. The van der Waals surface area contributed by atoms with E-state index in [0.717, 1.165) is 12.5 Å². The first-order valence-electron chi connectivity index (χ1n) is 2.92. The van der Waals surface area contributed by atoms with Gasteiger partial charge in [-0.1, -0.05) is 20.9 Å². The summed E-state index contributed by atoms with van der Waals surface area (Å²) < 4.78 is 4.62. The molecule has 0 aliphatic rings. The van der Waals surface area contributed by atoms with E-state index in [0.29, 0.717) is 6.61 Å². The van der Waals surface area contributed by atoms with E-state index < -0.39 is 0 Å². The molecule has 0 aromatic heterocycles. The Morgan fingerprint density at radius 1 is 1.58 bits per heavy atom. The summed E-state index contributed by atoms with van der Waals surface area (Å²) >= 11 is 0. The molecule has 0 bridgehead atoms. The van der Waals surface area contributed by atoms with Gasteiger partial charge in [0, 0.05) is 48.2 Å². The Kier molecular flexibility index (Phi) is 33.6. The predicted octanol–water partition coefficient (Wildman–Crippen LogP) is 1.96. The zero-order chi connectivity index (χ0) is 7.11. The van der Waals surface area contributed by atoms with E-state index in [4.69, 9.17) is 0 Å². The second-order valence-corrected chi connectivity index (χ2v) is 1.53. The van der Waals surface area contributed by atoms with Gasteiger partial charge in [-0.3, -0.25) is 6.42 Å². The molecule has 2 nitrogen and oxygen atoms in total. The fourth-order valence-electron chi connectivity index (χ4n) is 0.318. The van der Waals surface area contributed by atoms with Crippen molar-refractivity contribution in [1.29, 1.82) is 0 Å². The molecular weight excluding hydrogens is 496 g/mol. The van der Waals surface area contributed by atoms with Gasteiger partial charge in [0.25, 0.3) is 0 Å². The fraction of sp³-hybridized carbons (Fsp3) is 0.500. The molecule has 0 aliphatic heterocycles. The van der Waals surface area contributed by atoms with Crippen LogP contribution in [0.3, 0.4) is 0 Å². The number of hydrogen-bond acceptors (Lipinski definition) is 2. The average Bonchev–Trinajstić information content (AvgIpc) is 1.89. The van der Waals surface area contributed by atoms with Crippen LogP contribution in [-0.4, -0.2) is 12.6 Å². The molecule has 0 spiro atoms. The van der Waals surface area contributed by atoms with Crippen molar-refractivity contribution in [2.75, 3.05) is 6.61 Å². The molecule has 0 heterocycles. The summed E-state index contributed by atoms with van der Waals surface area (Å²) in [7, 11) is 0. The molecule has 72 valence electrons. The number of carbonyl (C=O) groups excluding carboxylic acids is 1. The second kappa shape index (κ2) is 17.6. The standard InChI is InChI=1S/C7H11O2.CH4.2W/c1-3-5-6-9-7(8)4-2;;;/h4-5H,2-3,6H2,1H3;1H4;;/q-1;;;. The third-order valence-corrected chi connectivity index (χ3v) is 0.799. The summed E-state index contributed by atoms with van der Waals surface area (Å²) in [5.74, 6) is -0.361. The maximum atomic E-state index is 10.3. The monoisotopic (exact) mass is 511 g/mol. The van der Waals surface area contributed by atoms with Crippen LogP contribution in [0.25, 0.3) is 0 Å². The summed E-state index contributed by atoms with van der Waals surface area (Å²) in [6.45, 7) is 5.63. The molecule has 4 heteroatoms. The van der Waals surface area contributed by atoms with Crippen molar-refractivity contribution in [3.8, 4) is 0 Å². The Labute approximate surface area is 104 Å². The van der Waals surface area contributed by atoms with Crippen LogP contribution in [0.2, 0.25) is 0 Å². The quantitative estimate of drug-likeness (QED) is 0.250. The Morgan fingerprint density at radius 2 is 2.08 bits per heavy atom. The molecule has 0 unspecified atom stereocenters. The topological polar surface area (TPSA) is 26.3 Å². The van der Waals surface area contributed by atoms with Crippen molar-refractivity contribution in [2.45, 2.75) is 20.8 Å². The van der Waals surface area contributed by atoms with E-state index in [1.54, 1.807) is 0 Å². The SMILES string of the molecule is C.C=CC(=O)OC[CH-]CC.[W].[W]. The molecule has 0 saturated heterocycles. The van der Waals surface area contributed by atoms with Crippen LogP contribution in [0.1, 0.15) is 20.8 Å². The molecular formula is C8H15O2W2-. The number of ether oxygens (including phenoxy) is 1. The molecule has 0 amide bonds. The first-order chi connectivity index (χ1) is 4.31. The Balaban J connectivity index is -0.000000107. The van der Waals surface area contributed by atoms with Crippen molar-refractivity contribution in [3.63, 3.8) is 0 Å². The third kappa shape index (κ3) is 16.9. The van der Waals surface area contributed by atoms with E-state index in [2.05, 4.69) is 11.3 Å². The molecule has 12 heavy (non-hydrogen) atoms. The van der Waals surface area contributed by atoms with Gasteiger partial charge in [0.05, 0.1) is 0 Å². The molecule has 0 rings (SSSR count). The number of esters is 1. The Bertz CT molecular complexity index is 105. The van der Waals surface area contributed by atoms with E-state index >= 15 is 0 Å². The van der Waals surface area contributed by atoms with E-state index in [1.807, 2.05) is 13.3 Å².